The molecule has 8 heteroatoms. The van der Waals surface area contributed by atoms with E-state index in [-0.39, 0.29) is 42.2 Å². The summed E-state index contributed by atoms with van der Waals surface area (Å²) < 4.78 is 1.92. The molecule has 3 rings (SSSR count). The molecular formula is C18H29Cl2N5O. The number of fused-ring (bicyclic) bond motifs is 1. The Hall–Kier alpha value is -1.37. The first-order valence-corrected chi connectivity index (χ1v) is 8.73. The SMILES string of the molecule is CCC(C)n1ncc2c(C(=O)N3CCC(C)(CN)C3)cc(C)nc21.Cl.Cl. The quantitative estimate of drug-likeness (QED) is 0.851. The molecule has 6 nitrogen and oxygen atoms in total. The smallest absolute Gasteiger partial charge is 0.254 e. The van der Waals surface area contributed by atoms with E-state index in [0.717, 1.165) is 36.1 Å². The molecule has 2 N–H and O–H groups in total. The van der Waals surface area contributed by atoms with Crippen LogP contribution in [0.25, 0.3) is 11.0 Å². The highest BCUT2D eigenvalue weighted by molar-refractivity contribution is 6.05. The van der Waals surface area contributed by atoms with Gasteiger partial charge in [-0.05, 0) is 44.7 Å². The Morgan fingerprint density at radius 1 is 1.42 bits per heavy atom. The molecule has 2 unspecified atom stereocenters. The molecule has 0 aromatic carbocycles. The van der Waals surface area contributed by atoms with Crippen molar-refractivity contribution in [1.82, 2.24) is 19.7 Å². The van der Waals surface area contributed by atoms with Crippen LogP contribution >= 0.6 is 24.8 Å². The Kier molecular flexibility index (Phi) is 7.45. The zero-order chi connectivity index (χ0) is 17.5. The van der Waals surface area contributed by atoms with Gasteiger partial charge in [0, 0.05) is 18.8 Å². The van der Waals surface area contributed by atoms with Gasteiger partial charge in [-0.15, -0.1) is 24.8 Å². The van der Waals surface area contributed by atoms with Crippen molar-refractivity contribution in [2.45, 2.75) is 46.6 Å². The number of hydrogen-bond donors (Lipinski definition) is 1. The van der Waals surface area contributed by atoms with Crippen molar-refractivity contribution in [3.8, 4) is 0 Å². The van der Waals surface area contributed by atoms with Crippen LogP contribution in [0.1, 0.15) is 55.7 Å². The summed E-state index contributed by atoms with van der Waals surface area (Å²) in [5, 5.41) is 5.33. The summed E-state index contributed by atoms with van der Waals surface area (Å²) in [6, 6.07) is 2.14. The Morgan fingerprint density at radius 2 is 2.12 bits per heavy atom. The molecule has 2 aromatic rings. The fourth-order valence-electron chi connectivity index (χ4n) is 3.35. The van der Waals surface area contributed by atoms with Gasteiger partial charge in [0.2, 0.25) is 0 Å². The van der Waals surface area contributed by atoms with Gasteiger partial charge < -0.3 is 10.6 Å². The van der Waals surface area contributed by atoms with E-state index in [2.05, 4.69) is 30.9 Å². The fourth-order valence-corrected chi connectivity index (χ4v) is 3.35. The number of aryl methyl sites for hydroxylation is 1. The number of halogens is 2. The van der Waals surface area contributed by atoms with Gasteiger partial charge in [-0.25, -0.2) is 9.67 Å². The minimum absolute atomic E-state index is 0. The van der Waals surface area contributed by atoms with Crippen LogP contribution in [0.3, 0.4) is 0 Å². The van der Waals surface area contributed by atoms with E-state index < -0.39 is 0 Å². The topological polar surface area (TPSA) is 77.0 Å². The number of rotatable bonds is 4. The molecule has 1 saturated heterocycles. The Labute approximate surface area is 167 Å². The average molecular weight is 402 g/mol. The maximum atomic E-state index is 13.1. The average Bonchev–Trinajstić information content (AvgIpc) is 3.17. The highest BCUT2D eigenvalue weighted by Crippen LogP contribution is 2.31. The predicted molar refractivity (Wildman–Crippen MR) is 109 cm³/mol. The number of likely N-dealkylation sites (tertiary alicyclic amines) is 1. The van der Waals surface area contributed by atoms with Crippen LogP contribution in [-0.4, -0.2) is 45.2 Å². The van der Waals surface area contributed by atoms with Crippen LogP contribution in [0.15, 0.2) is 12.3 Å². The molecule has 0 aliphatic carbocycles. The van der Waals surface area contributed by atoms with E-state index >= 15 is 0 Å². The van der Waals surface area contributed by atoms with E-state index in [9.17, 15) is 4.79 Å². The van der Waals surface area contributed by atoms with Crippen LogP contribution < -0.4 is 5.73 Å². The van der Waals surface area contributed by atoms with Gasteiger partial charge in [0.25, 0.3) is 5.91 Å². The van der Waals surface area contributed by atoms with Crippen molar-refractivity contribution in [2.75, 3.05) is 19.6 Å². The van der Waals surface area contributed by atoms with Crippen LogP contribution in [0.2, 0.25) is 0 Å². The number of nitrogens with two attached hydrogens (primary N) is 1. The first-order valence-electron chi connectivity index (χ1n) is 8.73. The molecule has 2 atom stereocenters. The first kappa shape index (κ1) is 22.7. The molecule has 2 aromatic heterocycles. The van der Waals surface area contributed by atoms with Crippen molar-refractivity contribution in [3.63, 3.8) is 0 Å². The van der Waals surface area contributed by atoms with Gasteiger partial charge >= 0.3 is 0 Å². The standard InChI is InChI=1S/C18H27N5O.2ClH/c1-5-13(3)23-16-15(9-20-23)14(8-12(2)21-16)17(24)22-7-6-18(4,10-19)11-22;;/h8-9,13H,5-7,10-11,19H2,1-4H3;2*1H. The zero-order valence-corrected chi connectivity index (χ0v) is 17.5. The van der Waals surface area contributed by atoms with Gasteiger partial charge in [0.05, 0.1) is 23.2 Å². The maximum absolute atomic E-state index is 13.1. The van der Waals surface area contributed by atoms with Crippen LogP contribution in [0, 0.1) is 12.3 Å². The Bertz CT molecular complexity index is 778. The molecule has 1 aliphatic rings. The first-order chi connectivity index (χ1) is 11.4. The lowest BCUT2D eigenvalue weighted by Crippen LogP contribution is -2.34. The molecule has 3 heterocycles. The number of hydrogen-bond acceptors (Lipinski definition) is 4. The van der Waals surface area contributed by atoms with E-state index in [1.54, 1.807) is 6.20 Å². The maximum Gasteiger partial charge on any atom is 0.254 e. The fraction of sp³-hybridized carbons (Fsp3) is 0.611. The Morgan fingerprint density at radius 3 is 2.69 bits per heavy atom. The number of carbonyl (C=O) groups excluding carboxylic acids is 1. The highest BCUT2D eigenvalue weighted by Gasteiger charge is 2.35. The minimum atomic E-state index is 0. The lowest BCUT2D eigenvalue weighted by molar-refractivity contribution is 0.0778. The van der Waals surface area contributed by atoms with Gasteiger partial charge in [-0.1, -0.05) is 13.8 Å². The van der Waals surface area contributed by atoms with Crippen molar-refractivity contribution in [2.24, 2.45) is 11.1 Å². The number of amides is 1. The molecule has 1 fully saturated rings. The van der Waals surface area contributed by atoms with E-state index in [1.165, 1.54) is 0 Å². The summed E-state index contributed by atoms with van der Waals surface area (Å²) in [6.45, 7) is 10.4. The van der Waals surface area contributed by atoms with Gasteiger partial charge in [-0.3, -0.25) is 4.79 Å². The van der Waals surface area contributed by atoms with E-state index in [0.29, 0.717) is 18.7 Å². The summed E-state index contributed by atoms with van der Waals surface area (Å²) in [4.78, 5) is 19.6. The second-order valence-corrected chi connectivity index (χ2v) is 7.39. The number of aromatic nitrogens is 3. The third kappa shape index (κ3) is 3.97. The molecule has 0 saturated carbocycles. The summed E-state index contributed by atoms with van der Waals surface area (Å²) in [5.74, 6) is 0.0615. The van der Waals surface area contributed by atoms with Crippen LogP contribution in [0.5, 0.6) is 0 Å². The molecule has 146 valence electrons. The highest BCUT2D eigenvalue weighted by atomic mass is 35.5. The molecule has 0 spiro atoms. The molecule has 1 aliphatic heterocycles. The van der Waals surface area contributed by atoms with Crippen molar-refractivity contribution >= 4 is 41.8 Å². The van der Waals surface area contributed by atoms with Crippen molar-refractivity contribution in [1.29, 1.82) is 0 Å². The normalized spacial score (nSPS) is 20.6. The van der Waals surface area contributed by atoms with Crippen molar-refractivity contribution in [3.05, 3.63) is 23.5 Å². The van der Waals surface area contributed by atoms with Crippen LogP contribution in [-0.2, 0) is 0 Å². The monoisotopic (exact) mass is 401 g/mol. The third-order valence-electron chi connectivity index (χ3n) is 5.27. The lowest BCUT2D eigenvalue weighted by Gasteiger charge is -2.23. The third-order valence-corrected chi connectivity index (χ3v) is 5.27. The summed E-state index contributed by atoms with van der Waals surface area (Å²) >= 11 is 0. The van der Waals surface area contributed by atoms with Gasteiger partial charge in [-0.2, -0.15) is 5.10 Å². The minimum Gasteiger partial charge on any atom is -0.338 e. The molecule has 0 radical (unpaired) electrons. The Balaban J connectivity index is 0.00000169. The van der Waals surface area contributed by atoms with Crippen LogP contribution in [0.4, 0.5) is 0 Å². The zero-order valence-electron chi connectivity index (χ0n) is 15.9. The number of nitrogens with zero attached hydrogens (tertiary/aromatic N) is 4. The predicted octanol–water partition coefficient (Wildman–Crippen LogP) is 3.37. The number of carbonyl (C=O) groups is 1. The second kappa shape index (κ2) is 8.55. The summed E-state index contributed by atoms with van der Waals surface area (Å²) in [7, 11) is 0. The van der Waals surface area contributed by atoms with E-state index in [4.69, 9.17) is 5.73 Å². The second-order valence-electron chi connectivity index (χ2n) is 7.39. The molecule has 26 heavy (non-hydrogen) atoms. The van der Waals surface area contributed by atoms with Gasteiger partial charge in [0.1, 0.15) is 0 Å². The molecular weight excluding hydrogens is 373 g/mol. The van der Waals surface area contributed by atoms with Crippen molar-refractivity contribution < 1.29 is 4.79 Å². The lowest BCUT2D eigenvalue weighted by atomic mass is 9.90. The number of pyridine rings is 1. The largest absolute Gasteiger partial charge is 0.338 e. The summed E-state index contributed by atoms with van der Waals surface area (Å²) in [5.41, 5.74) is 8.25. The molecule has 1 amide bonds. The van der Waals surface area contributed by atoms with Gasteiger partial charge in [0.15, 0.2) is 5.65 Å². The summed E-state index contributed by atoms with van der Waals surface area (Å²) in [6.07, 6.45) is 3.70. The molecule has 0 bridgehead atoms. The van der Waals surface area contributed by atoms with E-state index in [1.807, 2.05) is 22.6 Å².